The molecule has 1 aliphatic rings. The second kappa shape index (κ2) is 9.58. The fraction of sp³-hybridized carbons (Fsp3) is 0.500. The van der Waals surface area contributed by atoms with Crippen LogP contribution in [0.2, 0.25) is 0 Å². The fourth-order valence-electron chi connectivity index (χ4n) is 4.00. The Kier molecular flexibility index (Phi) is 6.90. The van der Waals surface area contributed by atoms with Gasteiger partial charge in [-0.05, 0) is 51.0 Å². The first-order chi connectivity index (χ1) is 14.0. The third kappa shape index (κ3) is 4.78. The van der Waals surface area contributed by atoms with E-state index in [9.17, 15) is 14.7 Å². The van der Waals surface area contributed by atoms with Crippen LogP contribution in [0.1, 0.15) is 64.0 Å². The average Bonchev–Trinajstić information content (AvgIpc) is 2.99. The molecule has 1 aromatic heterocycles. The van der Waals surface area contributed by atoms with E-state index in [4.69, 9.17) is 0 Å². The minimum atomic E-state index is -0.624. The highest BCUT2D eigenvalue weighted by molar-refractivity contribution is 5.84. The molecule has 0 aliphatic heterocycles. The molecule has 1 aromatic carbocycles. The van der Waals surface area contributed by atoms with Gasteiger partial charge in [-0.15, -0.1) is 0 Å². The fourth-order valence-corrected chi connectivity index (χ4v) is 4.00. The number of hydrogen-bond acceptors (Lipinski definition) is 5. The smallest absolute Gasteiger partial charge is 0.331 e. The van der Waals surface area contributed by atoms with Gasteiger partial charge in [0, 0.05) is 31.0 Å². The van der Waals surface area contributed by atoms with Crippen LogP contribution >= 0.6 is 0 Å². The SMILES string of the molecule is CCN(CC)c1ccc(N=Cc2c(O)n(C3CCCCCC3)c(=O)[nH]c2=O)cc1. The van der Waals surface area contributed by atoms with Crippen molar-refractivity contribution in [1.82, 2.24) is 9.55 Å². The molecule has 1 heterocycles. The van der Waals surface area contributed by atoms with Crippen molar-refractivity contribution in [2.45, 2.75) is 58.4 Å². The Morgan fingerprint density at radius 3 is 2.31 bits per heavy atom. The van der Waals surface area contributed by atoms with E-state index in [0.29, 0.717) is 5.69 Å². The van der Waals surface area contributed by atoms with Gasteiger partial charge < -0.3 is 10.0 Å². The first-order valence-corrected chi connectivity index (χ1v) is 10.5. The van der Waals surface area contributed by atoms with Crippen LogP contribution in [-0.2, 0) is 0 Å². The molecular formula is C22H30N4O3. The Labute approximate surface area is 170 Å². The number of rotatable bonds is 6. The Morgan fingerprint density at radius 2 is 1.72 bits per heavy atom. The lowest BCUT2D eigenvalue weighted by Gasteiger charge is -2.20. The molecular weight excluding hydrogens is 368 g/mol. The summed E-state index contributed by atoms with van der Waals surface area (Å²) in [6.45, 7) is 6.05. The van der Waals surface area contributed by atoms with E-state index in [1.807, 2.05) is 24.3 Å². The number of H-pyrrole nitrogens is 1. The van der Waals surface area contributed by atoms with E-state index in [-0.39, 0.29) is 17.5 Å². The van der Waals surface area contributed by atoms with Crippen LogP contribution in [0.25, 0.3) is 0 Å². The van der Waals surface area contributed by atoms with Gasteiger partial charge in [-0.2, -0.15) is 0 Å². The minimum absolute atomic E-state index is 0.0154. The molecule has 2 N–H and O–H groups in total. The summed E-state index contributed by atoms with van der Waals surface area (Å²) in [6.07, 6.45) is 7.27. The zero-order valence-electron chi connectivity index (χ0n) is 17.2. The van der Waals surface area contributed by atoms with Crippen LogP contribution in [0, 0.1) is 0 Å². The minimum Gasteiger partial charge on any atom is -0.494 e. The predicted molar refractivity (Wildman–Crippen MR) is 117 cm³/mol. The summed E-state index contributed by atoms with van der Waals surface area (Å²) in [5.74, 6) is -0.297. The van der Waals surface area contributed by atoms with Crippen LogP contribution in [0.3, 0.4) is 0 Å². The normalized spacial score (nSPS) is 15.5. The number of aromatic hydroxyl groups is 1. The molecule has 29 heavy (non-hydrogen) atoms. The van der Waals surface area contributed by atoms with Gasteiger partial charge in [-0.25, -0.2) is 4.79 Å². The summed E-state index contributed by atoms with van der Waals surface area (Å²) < 4.78 is 1.33. The van der Waals surface area contributed by atoms with Crippen molar-refractivity contribution in [3.05, 3.63) is 50.7 Å². The maximum Gasteiger partial charge on any atom is 0.331 e. The van der Waals surface area contributed by atoms with Crippen LogP contribution in [0.4, 0.5) is 11.4 Å². The van der Waals surface area contributed by atoms with Gasteiger partial charge in [0.05, 0.1) is 5.69 Å². The van der Waals surface area contributed by atoms with Crippen molar-refractivity contribution in [2.75, 3.05) is 18.0 Å². The standard InChI is InChI=1S/C22H30N4O3/c1-3-25(4-2)17-13-11-16(12-14-17)23-15-19-20(27)24-22(29)26(21(19)28)18-9-7-5-6-8-10-18/h11-15,18,28H,3-10H2,1-2H3,(H,24,27,29). The van der Waals surface area contributed by atoms with E-state index in [1.54, 1.807) is 0 Å². The predicted octanol–water partition coefficient (Wildman–Crippen LogP) is 3.73. The molecule has 1 saturated carbocycles. The number of aliphatic imine (C=N–C) groups is 1. The highest BCUT2D eigenvalue weighted by Crippen LogP contribution is 2.29. The lowest BCUT2D eigenvalue weighted by molar-refractivity contribution is 0.339. The Bertz CT molecular complexity index is 948. The van der Waals surface area contributed by atoms with Crippen molar-refractivity contribution in [2.24, 2.45) is 4.99 Å². The van der Waals surface area contributed by atoms with Gasteiger partial charge in [-0.3, -0.25) is 19.3 Å². The van der Waals surface area contributed by atoms with Gasteiger partial charge in [0.2, 0.25) is 5.88 Å². The van der Waals surface area contributed by atoms with Crippen molar-refractivity contribution in [3.63, 3.8) is 0 Å². The summed E-state index contributed by atoms with van der Waals surface area (Å²) in [5.41, 5.74) is 0.617. The highest BCUT2D eigenvalue weighted by atomic mass is 16.3. The molecule has 1 fully saturated rings. The van der Waals surface area contributed by atoms with Crippen molar-refractivity contribution in [1.29, 1.82) is 0 Å². The van der Waals surface area contributed by atoms with Gasteiger partial charge in [0.15, 0.2) is 0 Å². The van der Waals surface area contributed by atoms with E-state index in [1.165, 1.54) is 10.8 Å². The quantitative estimate of drug-likeness (QED) is 0.573. The lowest BCUT2D eigenvalue weighted by Crippen LogP contribution is -2.34. The van der Waals surface area contributed by atoms with Gasteiger partial charge in [0.1, 0.15) is 5.56 Å². The van der Waals surface area contributed by atoms with E-state index < -0.39 is 11.2 Å². The Morgan fingerprint density at radius 1 is 1.10 bits per heavy atom. The Balaban J connectivity index is 1.89. The topological polar surface area (TPSA) is 90.7 Å². The maximum absolute atomic E-state index is 12.4. The molecule has 7 nitrogen and oxygen atoms in total. The zero-order chi connectivity index (χ0) is 20.8. The van der Waals surface area contributed by atoms with Crippen molar-refractivity contribution >= 4 is 17.6 Å². The molecule has 0 atom stereocenters. The summed E-state index contributed by atoms with van der Waals surface area (Å²) in [6, 6.07) is 7.61. The molecule has 3 rings (SSSR count). The molecule has 0 amide bonds. The molecule has 2 aromatic rings. The van der Waals surface area contributed by atoms with E-state index >= 15 is 0 Å². The third-order valence-electron chi connectivity index (χ3n) is 5.66. The molecule has 1 aliphatic carbocycles. The summed E-state index contributed by atoms with van der Waals surface area (Å²) in [7, 11) is 0. The van der Waals surface area contributed by atoms with Crippen LogP contribution in [0.15, 0.2) is 38.8 Å². The van der Waals surface area contributed by atoms with Gasteiger partial charge >= 0.3 is 5.69 Å². The Hall–Kier alpha value is -2.83. The largest absolute Gasteiger partial charge is 0.494 e. The van der Waals surface area contributed by atoms with E-state index in [2.05, 4.69) is 28.7 Å². The lowest BCUT2D eigenvalue weighted by atomic mass is 10.1. The van der Waals surface area contributed by atoms with Crippen molar-refractivity contribution in [3.8, 4) is 5.88 Å². The summed E-state index contributed by atoms with van der Waals surface area (Å²) in [5, 5.41) is 10.7. The molecule has 0 saturated heterocycles. The molecule has 0 spiro atoms. The molecule has 7 heteroatoms. The number of nitrogens with one attached hydrogen (secondary N) is 1. The molecule has 0 radical (unpaired) electrons. The first kappa shape index (κ1) is 20.9. The zero-order valence-corrected chi connectivity index (χ0v) is 17.2. The second-order valence-corrected chi connectivity index (χ2v) is 7.46. The van der Waals surface area contributed by atoms with Crippen LogP contribution in [0.5, 0.6) is 5.88 Å². The van der Waals surface area contributed by atoms with Gasteiger partial charge in [0.25, 0.3) is 5.56 Å². The third-order valence-corrected chi connectivity index (χ3v) is 5.66. The van der Waals surface area contributed by atoms with Crippen molar-refractivity contribution < 1.29 is 5.11 Å². The number of aromatic nitrogens is 2. The van der Waals surface area contributed by atoms with Crippen LogP contribution in [-0.4, -0.2) is 34.0 Å². The van der Waals surface area contributed by atoms with E-state index in [0.717, 1.165) is 57.3 Å². The molecule has 0 unspecified atom stereocenters. The highest BCUT2D eigenvalue weighted by Gasteiger charge is 2.21. The second-order valence-electron chi connectivity index (χ2n) is 7.46. The average molecular weight is 399 g/mol. The monoisotopic (exact) mass is 398 g/mol. The molecule has 0 bridgehead atoms. The first-order valence-electron chi connectivity index (χ1n) is 10.5. The number of hydrogen-bond donors (Lipinski definition) is 2. The number of benzene rings is 1. The summed E-state index contributed by atoms with van der Waals surface area (Å²) >= 11 is 0. The summed E-state index contributed by atoms with van der Waals surface area (Å²) in [4.78, 5) is 33.5. The number of aromatic amines is 1. The number of anilines is 1. The van der Waals surface area contributed by atoms with Gasteiger partial charge in [-0.1, -0.05) is 25.7 Å². The maximum atomic E-state index is 12.4. The molecule has 156 valence electrons. The number of nitrogens with zero attached hydrogens (tertiary/aromatic N) is 3. The van der Waals surface area contributed by atoms with Crippen LogP contribution < -0.4 is 16.1 Å².